The summed E-state index contributed by atoms with van der Waals surface area (Å²) in [6.07, 6.45) is 1.57. The lowest BCUT2D eigenvalue weighted by atomic mass is 9.83. The van der Waals surface area contributed by atoms with Gasteiger partial charge in [-0.3, -0.25) is 14.9 Å². The average molecular weight is 461 g/mol. The van der Waals surface area contributed by atoms with Gasteiger partial charge in [-0.15, -0.1) is 0 Å². The van der Waals surface area contributed by atoms with Crippen LogP contribution in [-0.4, -0.2) is 62.6 Å². The molecule has 2 fully saturated rings. The van der Waals surface area contributed by atoms with Crippen molar-refractivity contribution in [2.45, 2.75) is 11.6 Å². The molecule has 9 nitrogen and oxygen atoms in total. The van der Waals surface area contributed by atoms with Crippen molar-refractivity contribution in [2.75, 3.05) is 35.0 Å². The summed E-state index contributed by atoms with van der Waals surface area (Å²) in [4.78, 5) is 31.5. The fraction of sp³-hybridized carbons (Fsp3) is 0.280. The Balaban J connectivity index is 1.42. The highest BCUT2D eigenvalue weighted by Gasteiger charge is 2.67. The Bertz CT molecular complexity index is 1420. The quantitative estimate of drug-likeness (QED) is 0.562. The Morgan fingerprint density at radius 2 is 1.82 bits per heavy atom. The fourth-order valence-electron chi connectivity index (χ4n) is 5.35. The van der Waals surface area contributed by atoms with Crippen LogP contribution in [0.3, 0.4) is 0 Å². The normalized spacial score (nSPS) is 22.0. The van der Waals surface area contributed by atoms with Crippen molar-refractivity contribution in [3.8, 4) is 23.0 Å². The number of nitrogens with one attached hydrogen (secondary N) is 2. The number of allylic oxidation sites excluding steroid dienone is 1. The minimum absolute atomic E-state index is 0.0285. The van der Waals surface area contributed by atoms with E-state index in [-0.39, 0.29) is 17.7 Å². The standard InChI is InChI=1S/C25H23N3O6/c1-31-13-5-6-14-15(9-13)25-19(27-25)11-28(20(25)10-17(14)29)24(30)16-7-12-8-18(32-2)22(33-3)23(34-4)21(12)26-16/h5-10,19,26-27H,11H2,1-4H3. The number of fused-ring (bicyclic) bond motifs is 2. The van der Waals surface area contributed by atoms with E-state index in [0.29, 0.717) is 52.0 Å². The molecule has 1 spiro atoms. The summed E-state index contributed by atoms with van der Waals surface area (Å²) in [6.45, 7) is 0.452. The number of hydrogen-bond donors (Lipinski definition) is 2. The van der Waals surface area contributed by atoms with Crippen molar-refractivity contribution in [3.05, 3.63) is 58.9 Å². The van der Waals surface area contributed by atoms with Crippen LogP contribution in [0.2, 0.25) is 0 Å². The summed E-state index contributed by atoms with van der Waals surface area (Å²) in [6, 6.07) is 9.02. The van der Waals surface area contributed by atoms with Crippen molar-refractivity contribution in [2.24, 2.45) is 0 Å². The van der Waals surface area contributed by atoms with Gasteiger partial charge < -0.3 is 28.8 Å². The third kappa shape index (κ3) is 2.52. The number of rotatable bonds is 5. The number of piperazine rings is 1. The maximum Gasteiger partial charge on any atom is 0.274 e. The Morgan fingerprint density at radius 3 is 2.53 bits per heavy atom. The largest absolute Gasteiger partial charge is 0.497 e. The zero-order valence-corrected chi connectivity index (χ0v) is 19.1. The Morgan fingerprint density at radius 1 is 1.03 bits per heavy atom. The summed E-state index contributed by atoms with van der Waals surface area (Å²) >= 11 is 0. The number of methoxy groups -OCH3 is 4. The minimum Gasteiger partial charge on any atom is -0.497 e. The van der Waals surface area contributed by atoms with Crippen molar-refractivity contribution in [1.29, 1.82) is 0 Å². The van der Waals surface area contributed by atoms with Gasteiger partial charge in [-0.05, 0) is 35.9 Å². The van der Waals surface area contributed by atoms with Gasteiger partial charge in [0.05, 0.1) is 45.7 Å². The van der Waals surface area contributed by atoms with Crippen LogP contribution in [0, 0.1) is 0 Å². The lowest BCUT2D eigenvalue weighted by molar-refractivity contribution is 0.0807. The topological polar surface area (TPSA) is 112 Å². The maximum absolute atomic E-state index is 13.7. The van der Waals surface area contributed by atoms with Crippen LogP contribution in [0.25, 0.3) is 10.9 Å². The molecule has 2 atom stereocenters. The first-order valence-electron chi connectivity index (χ1n) is 10.8. The number of aromatic nitrogens is 1. The molecular formula is C25H23N3O6. The van der Waals surface area contributed by atoms with E-state index in [0.717, 1.165) is 10.9 Å². The van der Waals surface area contributed by atoms with E-state index in [1.165, 1.54) is 14.2 Å². The Kier molecular flexibility index (Phi) is 4.25. The Hall–Kier alpha value is -3.98. The third-order valence-electron chi connectivity index (χ3n) is 6.98. The molecule has 1 aliphatic carbocycles. The number of hydrogen-bond acceptors (Lipinski definition) is 7. The van der Waals surface area contributed by atoms with Gasteiger partial charge in [0.2, 0.25) is 5.75 Å². The van der Waals surface area contributed by atoms with E-state index >= 15 is 0 Å². The zero-order valence-electron chi connectivity index (χ0n) is 19.1. The molecule has 6 rings (SSSR count). The lowest BCUT2D eigenvalue weighted by Gasteiger charge is -2.28. The molecule has 0 radical (unpaired) electrons. The van der Waals surface area contributed by atoms with Gasteiger partial charge in [0.15, 0.2) is 17.3 Å². The van der Waals surface area contributed by atoms with Crippen LogP contribution in [0.1, 0.15) is 26.4 Å². The van der Waals surface area contributed by atoms with Crippen molar-refractivity contribution < 1.29 is 28.5 Å². The number of amides is 1. The molecule has 2 saturated heterocycles. The highest BCUT2D eigenvalue weighted by atomic mass is 16.5. The van der Waals surface area contributed by atoms with Gasteiger partial charge >= 0.3 is 0 Å². The molecule has 3 aliphatic rings. The van der Waals surface area contributed by atoms with Gasteiger partial charge in [0.1, 0.15) is 17.0 Å². The number of carbonyl (C=O) groups is 2. The smallest absolute Gasteiger partial charge is 0.274 e. The van der Waals surface area contributed by atoms with Crippen LogP contribution in [0.4, 0.5) is 0 Å². The highest BCUT2D eigenvalue weighted by Crippen LogP contribution is 2.55. The van der Waals surface area contributed by atoms with Gasteiger partial charge in [0, 0.05) is 23.6 Å². The van der Waals surface area contributed by atoms with E-state index in [2.05, 4.69) is 10.3 Å². The van der Waals surface area contributed by atoms with Gasteiger partial charge in [-0.2, -0.15) is 0 Å². The summed E-state index contributed by atoms with van der Waals surface area (Å²) in [5.74, 6) is 1.71. The predicted octanol–water partition coefficient (Wildman–Crippen LogP) is 2.61. The number of benzene rings is 2. The van der Waals surface area contributed by atoms with Crippen LogP contribution < -0.4 is 24.3 Å². The molecule has 0 bridgehead atoms. The third-order valence-corrected chi connectivity index (χ3v) is 6.98. The van der Waals surface area contributed by atoms with Crippen molar-refractivity contribution in [3.63, 3.8) is 0 Å². The summed E-state index contributed by atoms with van der Waals surface area (Å²) in [7, 11) is 6.21. The number of aromatic amines is 1. The fourth-order valence-corrected chi connectivity index (χ4v) is 5.35. The second-order valence-corrected chi connectivity index (χ2v) is 8.52. The number of ether oxygens (including phenoxy) is 4. The average Bonchev–Trinajstić information content (AvgIpc) is 3.25. The molecule has 2 aliphatic heterocycles. The van der Waals surface area contributed by atoms with E-state index < -0.39 is 5.54 Å². The molecule has 34 heavy (non-hydrogen) atoms. The SMILES string of the molecule is COc1ccc2c(c1)C13NC1CN(C(=O)c1cc4cc(OC)c(OC)c(OC)c4[nH]1)C3=CC2=O. The highest BCUT2D eigenvalue weighted by molar-refractivity contribution is 6.10. The second kappa shape index (κ2) is 7.01. The number of ketones is 1. The van der Waals surface area contributed by atoms with E-state index in [1.807, 2.05) is 6.07 Å². The van der Waals surface area contributed by atoms with Crippen LogP contribution >= 0.6 is 0 Å². The monoisotopic (exact) mass is 461 g/mol. The van der Waals surface area contributed by atoms with E-state index in [1.54, 1.807) is 49.5 Å². The van der Waals surface area contributed by atoms with Crippen molar-refractivity contribution in [1.82, 2.24) is 15.2 Å². The second-order valence-electron chi connectivity index (χ2n) is 8.52. The summed E-state index contributed by atoms with van der Waals surface area (Å²) < 4.78 is 21.8. The lowest BCUT2D eigenvalue weighted by Crippen LogP contribution is -2.37. The molecule has 0 saturated carbocycles. The van der Waals surface area contributed by atoms with Crippen LogP contribution in [-0.2, 0) is 5.54 Å². The summed E-state index contributed by atoms with van der Waals surface area (Å²) in [5.41, 5.74) is 2.60. The molecule has 3 aromatic rings. The van der Waals surface area contributed by atoms with Gasteiger partial charge in [0.25, 0.3) is 5.91 Å². The first kappa shape index (κ1) is 20.6. The first-order chi connectivity index (χ1) is 16.5. The van der Waals surface area contributed by atoms with E-state index in [9.17, 15) is 9.59 Å². The first-order valence-corrected chi connectivity index (χ1v) is 10.8. The van der Waals surface area contributed by atoms with Crippen LogP contribution in [0.5, 0.6) is 23.0 Å². The number of likely N-dealkylation sites (tertiary alicyclic amines) is 1. The molecule has 9 heteroatoms. The predicted molar refractivity (Wildman–Crippen MR) is 123 cm³/mol. The zero-order chi connectivity index (χ0) is 23.8. The maximum atomic E-state index is 13.7. The molecular weight excluding hydrogens is 438 g/mol. The van der Waals surface area contributed by atoms with Crippen LogP contribution in [0.15, 0.2) is 42.1 Å². The Labute approximate surface area is 195 Å². The number of H-pyrrole nitrogens is 1. The molecule has 2 aromatic carbocycles. The molecule has 3 heterocycles. The summed E-state index contributed by atoms with van der Waals surface area (Å²) in [5, 5.41) is 4.24. The number of nitrogens with zero attached hydrogens (tertiary/aromatic N) is 1. The minimum atomic E-state index is -0.552. The molecule has 2 unspecified atom stereocenters. The van der Waals surface area contributed by atoms with Gasteiger partial charge in [-0.25, -0.2) is 0 Å². The molecule has 2 N–H and O–H groups in total. The molecule has 1 aromatic heterocycles. The van der Waals surface area contributed by atoms with E-state index in [4.69, 9.17) is 18.9 Å². The van der Waals surface area contributed by atoms with Crippen molar-refractivity contribution >= 4 is 22.6 Å². The molecule has 174 valence electrons. The van der Waals surface area contributed by atoms with Gasteiger partial charge in [-0.1, -0.05) is 0 Å². The number of carbonyl (C=O) groups excluding carboxylic acids is 2. The molecule has 1 amide bonds.